The van der Waals surface area contributed by atoms with E-state index in [2.05, 4.69) is 5.32 Å². The van der Waals surface area contributed by atoms with Crippen LogP contribution < -0.4 is 10.2 Å². The van der Waals surface area contributed by atoms with Crippen molar-refractivity contribution < 1.29 is 28.7 Å². The van der Waals surface area contributed by atoms with Gasteiger partial charge in [0.05, 0.1) is 30.0 Å². The minimum Gasteiger partial charge on any atom is -0.462 e. The molecule has 0 fully saturated rings. The third-order valence-corrected chi connectivity index (χ3v) is 4.98. The molecule has 1 heterocycles. The van der Waals surface area contributed by atoms with Gasteiger partial charge in [-0.3, -0.25) is 9.59 Å². The number of carbonyl (C=O) groups excluding carboxylic acids is 4. The highest BCUT2D eigenvalue weighted by molar-refractivity contribution is 6.53. The molecule has 2 aromatic rings. The minimum absolute atomic E-state index is 0.109. The molecular weight excluding hydrogens is 448 g/mol. The first-order valence-electron chi connectivity index (χ1n) is 10.5. The molecule has 0 radical (unpaired) electrons. The maximum absolute atomic E-state index is 13.0. The second-order valence-corrected chi connectivity index (χ2v) is 7.54. The van der Waals surface area contributed by atoms with Crippen molar-refractivity contribution in [2.24, 2.45) is 0 Å². The lowest BCUT2D eigenvalue weighted by atomic mass is 10.2. The van der Waals surface area contributed by atoms with E-state index in [4.69, 9.17) is 21.1 Å². The maximum atomic E-state index is 13.0. The fraction of sp³-hybridized carbons (Fsp3) is 0.250. The molecule has 1 N–H and O–H groups in total. The van der Waals surface area contributed by atoms with Crippen LogP contribution in [0, 0.1) is 0 Å². The smallest absolute Gasteiger partial charge is 0.338 e. The number of rotatable bonds is 9. The minimum atomic E-state index is -0.719. The molecule has 0 aliphatic carbocycles. The highest BCUT2D eigenvalue weighted by Crippen LogP contribution is 2.30. The maximum Gasteiger partial charge on any atom is 0.338 e. The van der Waals surface area contributed by atoms with Crippen LogP contribution in [0.3, 0.4) is 0 Å². The van der Waals surface area contributed by atoms with Crippen molar-refractivity contribution in [1.82, 2.24) is 0 Å². The lowest BCUT2D eigenvalue weighted by Crippen LogP contribution is -2.32. The van der Waals surface area contributed by atoms with Crippen LogP contribution in [-0.2, 0) is 19.1 Å². The van der Waals surface area contributed by atoms with E-state index < -0.39 is 23.8 Å². The van der Waals surface area contributed by atoms with Crippen LogP contribution >= 0.6 is 11.6 Å². The summed E-state index contributed by atoms with van der Waals surface area (Å²) in [6.45, 7) is 4.36. The lowest BCUT2D eigenvalue weighted by Gasteiger charge is -2.16. The second kappa shape index (κ2) is 10.8. The molecule has 0 saturated carbocycles. The van der Waals surface area contributed by atoms with Gasteiger partial charge in [-0.25, -0.2) is 14.5 Å². The highest BCUT2D eigenvalue weighted by Gasteiger charge is 2.39. The van der Waals surface area contributed by atoms with E-state index >= 15 is 0 Å². The molecule has 1 aliphatic rings. The van der Waals surface area contributed by atoms with E-state index in [0.717, 1.165) is 4.90 Å². The van der Waals surface area contributed by atoms with E-state index in [-0.39, 0.29) is 28.6 Å². The fourth-order valence-electron chi connectivity index (χ4n) is 3.01. The Morgan fingerprint density at radius 2 is 1.48 bits per heavy atom. The van der Waals surface area contributed by atoms with Crippen LogP contribution in [0.2, 0.25) is 0 Å². The fourth-order valence-corrected chi connectivity index (χ4v) is 3.22. The van der Waals surface area contributed by atoms with Gasteiger partial charge in [-0.1, -0.05) is 31.5 Å². The highest BCUT2D eigenvalue weighted by atomic mass is 35.5. The molecule has 9 heteroatoms. The van der Waals surface area contributed by atoms with Crippen LogP contribution in [0.25, 0.3) is 0 Å². The Labute approximate surface area is 196 Å². The summed E-state index contributed by atoms with van der Waals surface area (Å²) in [6.07, 6.45) is 1.39. The van der Waals surface area contributed by atoms with Gasteiger partial charge in [-0.05, 0) is 55.3 Å². The second-order valence-electron chi connectivity index (χ2n) is 7.16. The van der Waals surface area contributed by atoms with E-state index in [1.54, 1.807) is 30.3 Å². The van der Waals surface area contributed by atoms with Gasteiger partial charge < -0.3 is 14.8 Å². The standard InChI is InChI=1S/C24H23ClN2O6/c1-3-12-32-23(30)15-8-10-17(11-9-15)26-20-19(25)21(28)27(22(20)29)18-7-5-6-16(14-18)24(31)33-13-4-2/h5-11,14,26H,3-4,12-13H2,1-2H3. The molecule has 172 valence electrons. The van der Waals surface area contributed by atoms with Gasteiger partial charge in [-0.2, -0.15) is 0 Å². The zero-order chi connectivity index (χ0) is 24.0. The zero-order valence-electron chi connectivity index (χ0n) is 18.2. The van der Waals surface area contributed by atoms with Crippen LogP contribution in [0.5, 0.6) is 0 Å². The average Bonchev–Trinajstić information content (AvgIpc) is 3.04. The lowest BCUT2D eigenvalue weighted by molar-refractivity contribution is -0.120. The summed E-state index contributed by atoms with van der Waals surface area (Å²) in [5.74, 6) is -2.39. The quantitative estimate of drug-likeness (QED) is 0.431. The molecule has 33 heavy (non-hydrogen) atoms. The Hall–Kier alpha value is -3.65. The summed E-state index contributed by atoms with van der Waals surface area (Å²) < 4.78 is 10.2. The number of esters is 2. The molecule has 0 bridgehead atoms. The molecule has 0 aromatic heterocycles. The molecule has 0 atom stereocenters. The first-order valence-corrected chi connectivity index (χ1v) is 10.8. The Morgan fingerprint density at radius 3 is 2.09 bits per heavy atom. The van der Waals surface area contributed by atoms with Crippen molar-refractivity contribution in [3.63, 3.8) is 0 Å². The Bertz CT molecular complexity index is 1110. The number of nitrogens with zero attached hydrogens (tertiary/aromatic N) is 1. The molecule has 8 nitrogen and oxygen atoms in total. The van der Waals surface area contributed by atoms with Crippen molar-refractivity contribution in [3.05, 3.63) is 70.4 Å². The van der Waals surface area contributed by atoms with Crippen LogP contribution in [-0.4, -0.2) is 37.0 Å². The summed E-state index contributed by atoms with van der Waals surface area (Å²) in [5, 5.41) is 2.55. The van der Waals surface area contributed by atoms with E-state index in [0.29, 0.717) is 30.7 Å². The molecule has 2 amide bonds. The predicted molar refractivity (Wildman–Crippen MR) is 123 cm³/mol. The van der Waals surface area contributed by atoms with Gasteiger partial charge in [-0.15, -0.1) is 0 Å². The molecule has 2 aromatic carbocycles. The normalized spacial score (nSPS) is 13.4. The SMILES string of the molecule is CCCOC(=O)c1ccc(NC2=C(Cl)C(=O)N(c3cccc(C(=O)OCCC)c3)C2=O)cc1. The van der Waals surface area contributed by atoms with Crippen LogP contribution in [0.4, 0.5) is 11.4 Å². The monoisotopic (exact) mass is 470 g/mol. The molecule has 0 saturated heterocycles. The van der Waals surface area contributed by atoms with Crippen molar-refractivity contribution in [2.75, 3.05) is 23.4 Å². The van der Waals surface area contributed by atoms with E-state index in [1.165, 1.54) is 18.2 Å². The number of benzene rings is 2. The Kier molecular flexibility index (Phi) is 7.84. The molecule has 0 unspecified atom stereocenters. The van der Waals surface area contributed by atoms with Gasteiger partial charge >= 0.3 is 11.9 Å². The molecular formula is C24H23ClN2O6. The summed E-state index contributed by atoms with van der Waals surface area (Å²) in [4.78, 5) is 50.7. The predicted octanol–water partition coefficient (Wildman–Crippen LogP) is 4.26. The first kappa shape index (κ1) is 24.0. The molecule has 3 rings (SSSR count). The number of hydrogen-bond acceptors (Lipinski definition) is 7. The average molecular weight is 471 g/mol. The van der Waals surface area contributed by atoms with E-state index in [1.807, 2.05) is 13.8 Å². The van der Waals surface area contributed by atoms with Gasteiger partial charge in [0.2, 0.25) is 0 Å². The summed E-state index contributed by atoms with van der Waals surface area (Å²) in [5.41, 5.74) is 1.11. The van der Waals surface area contributed by atoms with Gasteiger partial charge in [0.1, 0.15) is 10.7 Å². The topological polar surface area (TPSA) is 102 Å². The largest absolute Gasteiger partial charge is 0.462 e. The Morgan fingerprint density at radius 1 is 0.879 bits per heavy atom. The number of hydrogen-bond donors (Lipinski definition) is 1. The van der Waals surface area contributed by atoms with Gasteiger partial charge in [0.25, 0.3) is 11.8 Å². The zero-order valence-corrected chi connectivity index (χ0v) is 19.0. The van der Waals surface area contributed by atoms with Crippen molar-refractivity contribution in [1.29, 1.82) is 0 Å². The van der Waals surface area contributed by atoms with Gasteiger partial charge in [0, 0.05) is 5.69 Å². The third-order valence-electron chi connectivity index (χ3n) is 4.63. The summed E-state index contributed by atoms with van der Waals surface area (Å²) in [6, 6.07) is 12.2. The summed E-state index contributed by atoms with van der Waals surface area (Å²) >= 11 is 6.17. The number of imide groups is 1. The third kappa shape index (κ3) is 5.40. The number of amides is 2. The number of ether oxygens (including phenoxy) is 2. The first-order chi connectivity index (χ1) is 15.9. The van der Waals surface area contributed by atoms with Crippen LogP contribution in [0.1, 0.15) is 47.4 Å². The van der Waals surface area contributed by atoms with Crippen molar-refractivity contribution >= 4 is 46.7 Å². The van der Waals surface area contributed by atoms with Gasteiger partial charge in [0.15, 0.2) is 0 Å². The Balaban J connectivity index is 1.76. The van der Waals surface area contributed by atoms with Crippen LogP contribution in [0.15, 0.2) is 59.3 Å². The van der Waals surface area contributed by atoms with Crippen molar-refractivity contribution in [3.8, 4) is 0 Å². The van der Waals surface area contributed by atoms with Crippen molar-refractivity contribution in [2.45, 2.75) is 26.7 Å². The van der Waals surface area contributed by atoms with E-state index in [9.17, 15) is 19.2 Å². The number of carbonyl (C=O) groups is 4. The number of nitrogens with one attached hydrogen (secondary N) is 1. The number of halogens is 1. The molecule has 0 spiro atoms. The molecule has 1 aliphatic heterocycles. The number of anilines is 2. The summed E-state index contributed by atoms with van der Waals surface area (Å²) in [7, 11) is 0.